The van der Waals surface area contributed by atoms with E-state index in [2.05, 4.69) is 31.4 Å². The molecule has 0 saturated heterocycles. The molecule has 0 aliphatic rings. The van der Waals surface area contributed by atoms with Gasteiger partial charge in [-0.05, 0) is 48.5 Å². The molecule has 6 nitrogen and oxygen atoms in total. The summed E-state index contributed by atoms with van der Waals surface area (Å²) in [6.07, 6.45) is 0. The number of carbonyl (C=O) groups excluding carboxylic acids is 1. The molecule has 0 saturated carbocycles. The molecule has 0 spiro atoms. The zero-order valence-corrected chi connectivity index (χ0v) is 16.8. The molecule has 7 heteroatoms. The number of halogens is 1. The number of rotatable bonds is 6. The van der Waals surface area contributed by atoms with Gasteiger partial charge >= 0.3 is 0 Å². The van der Waals surface area contributed by atoms with E-state index in [9.17, 15) is 4.79 Å². The van der Waals surface area contributed by atoms with Gasteiger partial charge in [-0.1, -0.05) is 51.4 Å². The van der Waals surface area contributed by atoms with Crippen molar-refractivity contribution in [1.29, 1.82) is 0 Å². The van der Waals surface area contributed by atoms with E-state index < -0.39 is 0 Å². The van der Waals surface area contributed by atoms with Gasteiger partial charge in [-0.2, -0.15) is 4.98 Å². The summed E-state index contributed by atoms with van der Waals surface area (Å²) < 4.78 is 11.8. The van der Waals surface area contributed by atoms with Crippen molar-refractivity contribution < 1.29 is 14.1 Å². The van der Waals surface area contributed by atoms with Gasteiger partial charge in [0.2, 0.25) is 5.82 Å². The van der Waals surface area contributed by atoms with Gasteiger partial charge < -0.3 is 14.6 Å². The highest BCUT2D eigenvalue weighted by Crippen LogP contribution is 2.24. The van der Waals surface area contributed by atoms with Gasteiger partial charge in [-0.3, -0.25) is 4.79 Å². The fourth-order valence-corrected chi connectivity index (χ4v) is 2.88. The maximum Gasteiger partial charge on any atom is 0.262 e. The summed E-state index contributed by atoms with van der Waals surface area (Å²) in [5, 5.41) is 6.79. The lowest BCUT2D eigenvalue weighted by atomic mass is 10.2. The third kappa shape index (κ3) is 4.89. The first-order valence-corrected chi connectivity index (χ1v) is 9.64. The lowest BCUT2D eigenvalue weighted by molar-refractivity contribution is -0.118. The summed E-state index contributed by atoms with van der Waals surface area (Å²) in [6.45, 7) is -0.0892. The Morgan fingerprint density at radius 2 is 1.66 bits per heavy atom. The minimum atomic E-state index is -0.235. The first-order valence-electron chi connectivity index (χ1n) is 8.85. The van der Waals surface area contributed by atoms with Gasteiger partial charge in [0.05, 0.1) is 0 Å². The number of anilines is 1. The third-order valence-corrected chi connectivity index (χ3v) is 4.59. The lowest BCUT2D eigenvalue weighted by Gasteiger charge is -2.08. The molecule has 3 aromatic carbocycles. The van der Waals surface area contributed by atoms with Crippen molar-refractivity contribution in [1.82, 2.24) is 10.1 Å². The van der Waals surface area contributed by atoms with Crippen LogP contribution >= 0.6 is 15.9 Å². The van der Waals surface area contributed by atoms with Crippen molar-refractivity contribution >= 4 is 27.5 Å². The average molecular weight is 450 g/mol. The fraction of sp³-hybridized carbons (Fsp3) is 0.0455. The van der Waals surface area contributed by atoms with Crippen LogP contribution in [0.25, 0.3) is 22.8 Å². The second kappa shape index (κ2) is 8.70. The Bertz CT molecular complexity index is 1090. The van der Waals surface area contributed by atoms with Crippen molar-refractivity contribution in [2.45, 2.75) is 0 Å². The number of carbonyl (C=O) groups is 1. The number of amides is 1. The van der Waals surface area contributed by atoms with E-state index in [1.165, 1.54) is 0 Å². The number of hydrogen-bond donors (Lipinski definition) is 1. The fourth-order valence-electron chi connectivity index (χ4n) is 2.62. The van der Waals surface area contributed by atoms with E-state index in [-0.39, 0.29) is 12.5 Å². The zero-order valence-electron chi connectivity index (χ0n) is 15.2. The monoisotopic (exact) mass is 449 g/mol. The summed E-state index contributed by atoms with van der Waals surface area (Å²) in [5.74, 6) is 1.29. The molecule has 29 heavy (non-hydrogen) atoms. The van der Waals surface area contributed by atoms with Gasteiger partial charge in [-0.25, -0.2) is 0 Å². The largest absolute Gasteiger partial charge is 0.484 e. The molecule has 1 heterocycles. The van der Waals surface area contributed by atoms with Crippen LogP contribution in [0.3, 0.4) is 0 Å². The van der Waals surface area contributed by atoms with Crippen LogP contribution in [0.5, 0.6) is 5.75 Å². The first kappa shape index (κ1) is 18.9. The number of benzene rings is 3. The average Bonchev–Trinajstić information content (AvgIpc) is 3.25. The molecular weight excluding hydrogens is 434 g/mol. The van der Waals surface area contributed by atoms with E-state index in [4.69, 9.17) is 9.26 Å². The molecule has 0 aliphatic carbocycles. The number of nitrogens with zero attached hydrogens (tertiary/aromatic N) is 2. The highest BCUT2D eigenvalue weighted by molar-refractivity contribution is 9.10. The Hall–Kier alpha value is -3.45. The quantitative estimate of drug-likeness (QED) is 0.438. The molecule has 0 atom stereocenters. The van der Waals surface area contributed by atoms with Crippen LogP contribution in [-0.4, -0.2) is 22.7 Å². The summed E-state index contributed by atoms with van der Waals surface area (Å²) in [4.78, 5) is 16.4. The highest BCUT2D eigenvalue weighted by atomic mass is 79.9. The van der Waals surface area contributed by atoms with Crippen LogP contribution in [0.4, 0.5) is 5.69 Å². The van der Waals surface area contributed by atoms with Crippen molar-refractivity contribution in [3.05, 3.63) is 83.3 Å². The van der Waals surface area contributed by atoms with Crippen molar-refractivity contribution in [3.63, 3.8) is 0 Å². The smallest absolute Gasteiger partial charge is 0.262 e. The Balaban J connectivity index is 1.35. The topological polar surface area (TPSA) is 77.2 Å². The van der Waals surface area contributed by atoms with Crippen LogP contribution in [-0.2, 0) is 4.79 Å². The second-order valence-electron chi connectivity index (χ2n) is 6.16. The lowest BCUT2D eigenvalue weighted by Crippen LogP contribution is -2.20. The van der Waals surface area contributed by atoms with E-state index >= 15 is 0 Å². The van der Waals surface area contributed by atoms with Gasteiger partial charge in [0.15, 0.2) is 6.61 Å². The summed E-state index contributed by atoms with van der Waals surface area (Å²) in [6, 6.07) is 24.1. The maximum absolute atomic E-state index is 12.0. The maximum atomic E-state index is 12.0. The molecule has 1 amide bonds. The minimum absolute atomic E-state index is 0.0892. The Morgan fingerprint density at radius 1 is 0.931 bits per heavy atom. The molecule has 1 aromatic heterocycles. The molecular formula is C22H16BrN3O3. The minimum Gasteiger partial charge on any atom is -0.484 e. The Labute approximate surface area is 175 Å². The van der Waals surface area contributed by atoms with Gasteiger partial charge in [0.1, 0.15) is 5.75 Å². The third-order valence-electron chi connectivity index (χ3n) is 4.06. The van der Waals surface area contributed by atoms with Crippen LogP contribution in [0.1, 0.15) is 0 Å². The van der Waals surface area contributed by atoms with Crippen molar-refractivity contribution in [2.24, 2.45) is 0 Å². The van der Waals surface area contributed by atoms with E-state index in [1.54, 1.807) is 12.1 Å². The number of hydrogen-bond acceptors (Lipinski definition) is 5. The Kier molecular flexibility index (Phi) is 5.67. The summed E-state index contributed by atoms with van der Waals surface area (Å²) >= 11 is 3.36. The number of aromatic nitrogens is 2. The predicted molar refractivity (Wildman–Crippen MR) is 113 cm³/mol. The standard InChI is InChI=1S/C22H16BrN3O3/c23-17-8-10-18(11-9-17)24-20(27)14-28-19-12-6-16(7-13-19)22-25-21(26-29-22)15-4-2-1-3-5-15/h1-13H,14H2,(H,24,27). The number of nitrogens with one attached hydrogen (secondary N) is 1. The van der Waals surface area contributed by atoms with E-state index in [0.717, 1.165) is 15.6 Å². The van der Waals surface area contributed by atoms with Gasteiger partial charge in [-0.15, -0.1) is 0 Å². The number of ether oxygens (including phenoxy) is 1. The van der Waals surface area contributed by atoms with Gasteiger partial charge in [0, 0.05) is 21.3 Å². The van der Waals surface area contributed by atoms with Crippen molar-refractivity contribution in [2.75, 3.05) is 11.9 Å². The first-order chi connectivity index (χ1) is 14.2. The molecule has 0 bridgehead atoms. The molecule has 0 radical (unpaired) electrons. The van der Waals surface area contributed by atoms with Crippen molar-refractivity contribution in [3.8, 4) is 28.6 Å². The molecule has 1 N–H and O–H groups in total. The normalized spacial score (nSPS) is 10.5. The molecule has 0 aliphatic heterocycles. The molecule has 0 fully saturated rings. The second-order valence-corrected chi connectivity index (χ2v) is 7.07. The summed E-state index contributed by atoms with van der Waals surface area (Å²) in [7, 11) is 0. The van der Waals surface area contributed by atoms with Crippen LogP contribution in [0.15, 0.2) is 87.9 Å². The zero-order chi connectivity index (χ0) is 20.1. The Morgan fingerprint density at radius 3 is 2.38 bits per heavy atom. The molecule has 4 rings (SSSR count). The van der Waals surface area contributed by atoms with Crippen LogP contribution in [0, 0.1) is 0 Å². The SMILES string of the molecule is O=C(COc1ccc(-c2nc(-c3ccccc3)no2)cc1)Nc1ccc(Br)cc1. The highest BCUT2D eigenvalue weighted by Gasteiger charge is 2.11. The summed E-state index contributed by atoms with van der Waals surface area (Å²) in [5.41, 5.74) is 2.37. The molecule has 4 aromatic rings. The van der Waals surface area contributed by atoms with E-state index in [1.807, 2.05) is 66.7 Å². The van der Waals surface area contributed by atoms with E-state index in [0.29, 0.717) is 23.2 Å². The van der Waals surface area contributed by atoms with Crippen LogP contribution in [0.2, 0.25) is 0 Å². The van der Waals surface area contributed by atoms with Gasteiger partial charge in [0.25, 0.3) is 11.8 Å². The molecule has 144 valence electrons. The molecule has 0 unspecified atom stereocenters. The predicted octanol–water partition coefficient (Wildman–Crippen LogP) is 5.18. The van der Waals surface area contributed by atoms with Crippen LogP contribution < -0.4 is 10.1 Å².